The molecule has 1 unspecified atom stereocenters. The van der Waals surface area contributed by atoms with Gasteiger partial charge in [0.25, 0.3) is 11.1 Å². The Morgan fingerprint density at radius 3 is 2.62 bits per heavy atom. The number of hydrogen-bond acceptors (Lipinski definition) is 9. The minimum Gasteiger partial charge on any atom is -0.456 e. The largest absolute Gasteiger partial charge is 0.456 e. The number of aryl methyl sites for hydroxylation is 1. The van der Waals surface area contributed by atoms with E-state index in [4.69, 9.17) is 4.74 Å². The van der Waals surface area contributed by atoms with E-state index in [9.17, 15) is 23.1 Å². The summed E-state index contributed by atoms with van der Waals surface area (Å²) in [6.07, 6.45) is 0.991. The Kier molecular flexibility index (Phi) is 7.94. The van der Waals surface area contributed by atoms with Crippen LogP contribution in [0.2, 0.25) is 0 Å². The highest BCUT2D eigenvalue weighted by Crippen LogP contribution is 2.36. The van der Waals surface area contributed by atoms with Crippen molar-refractivity contribution in [3.05, 3.63) is 77.6 Å². The summed E-state index contributed by atoms with van der Waals surface area (Å²) >= 11 is 0.882. The lowest BCUT2D eigenvalue weighted by atomic mass is 9.98. The van der Waals surface area contributed by atoms with Crippen LogP contribution in [0.4, 0.5) is 18.3 Å². The minimum atomic E-state index is -3.20. The van der Waals surface area contributed by atoms with Gasteiger partial charge in [0.2, 0.25) is 5.13 Å². The number of pyridine rings is 2. The van der Waals surface area contributed by atoms with Gasteiger partial charge in [0.15, 0.2) is 6.10 Å². The molecular formula is C24H20F3N5O4S. The van der Waals surface area contributed by atoms with Gasteiger partial charge in [-0.25, -0.2) is 4.39 Å². The second-order valence-electron chi connectivity index (χ2n) is 7.72. The van der Waals surface area contributed by atoms with Gasteiger partial charge in [-0.15, -0.1) is 5.10 Å². The predicted molar refractivity (Wildman–Crippen MR) is 128 cm³/mol. The van der Waals surface area contributed by atoms with Gasteiger partial charge in [-0.3, -0.25) is 20.1 Å². The molecule has 1 amide bonds. The maximum Gasteiger partial charge on any atom is 0.387 e. The first-order chi connectivity index (χ1) is 17.7. The number of aliphatic hydroxyl groups is 1. The monoisotopic (exact) mass is 531 g/mol. The maximum atomic E-state index is 14.8. The van der Waals surface area contributed by atoms with Crippen molar-refractivity contribution in [3.8, 4) is 22.1 Å². The zero-order valence-electron chi connectivity index (χ0n) is 19.4. The number of alkyl halides is 2. The second-order valence-corrected chi connectivity index (χ2v) is 8.66. The molecule has 9 nitrogen and oxygen atoms in total. The number of carbonyl (C=O) groups excluding carboxylic acids is 1. The molecule has 2 N–H and O–H groups in total. The van der Waals surface area contributed by atoms with Gasteiger partial charge < -0.3 is 14.6 Å². The molecule has 2 atom stereocenters. The molecule has 0 aliphatic heterocycles. The minimum absolute atomic E-state index is 0.00376. The molecule has 0 saturated heterocycles. The van der Waals surface area contributed by atoms with E-state index in [0.29, 0.717) is 11.4 Å². The van der Waals surface area contributed by atoms with Crippen molar-refractivity contribution in [2.24, 2.45) is 0 Å². The van der Waals surface area contributed by atoms with Crippen molar-refractivity contribution < 1.29 is 32.5 Å². The number of aromatic nitrogens is 4. The smallest absolute Gasteiger partial charge is 0.387 e. The molecule has 13 heteroatoms. The fourth-order valence-corrected chi connectivity index (χ4v) is 4.06. The molecule has 0 bridgehead atoms. The Bertz CT molecular complexity index is 1390. The molecular weight excluding hydrogens is 511 g/mol. The topological polar surface area (TPSA) is 119 Å². The molecule has 37 heavy (non-hydrogen) atoms. The van der Waals surface area contributed by atoms with Gasteiger partial charge in [0.05, 0.1) is 22.9 Å². The molecule has 1 aromatic carbocycles. The Labute approximate surface area is 213 Å². The van der Waals surface area contributed by atoms with E-state index in [2.05, 4.69) is 30.2 Å². The number of nitrogens with zero attached hydrogens (tertiary/aromatic N) is 4. The Morgan fingerprint density at radius 2 is 1.92 bits per heavy atom. The third-order valence-electron chi connectivity index (χ3n) is 5.02. The fourth-order valence-electron chi connectivity index (χ4n) is 3.44. The van der Waals surface area contributed by atoms with Crippen molar-refractivity contribution in [2.75, 3.05) is 5.32 Å². The number of ether oxygens (including phenoxy) is 2. The van der Waals surface area contributed by atoms with Gasteiger partial charge in [-0.2, -0.15) is 8.78 Å². The van der Waals surface area contributed by atoms with E-state index < -0.39 is 36.3 Å². The van der Waals surface area contributed by atoms with Gasteiger partial charge >= 0.3 is 6.61 Å². The number of hydrogen-bond donors (Lipinski definition) is 2. The third-order valence-corrected chi connectivity index (χ3v) is 5.75. The van der Waals surface area contributed by atoms with Crippen LogP contribution in [0.1, 0.15) is 34.8 Å². The van der Waals surface area contributed by atoms with E-state index in [1.165, 1.54) is 31.3 Å². The number of aliphatic hydroxyl groups excluding tert-OH is 1. The summed E-state index contributed by atoms with van der Waals surface area (Å²) in [7, 11) is 0. The average Bonchev–Trinajstić information content (AvgIpc) is 3.29. The van der Waals surface area contributed by atoms with E-state index in [1.54, 1.807) is 31.3 Å². The van der Waals surface area contributed by atoms with Crippen LogP contribution in [0.25, 0.3) is 11.1 Å². The summed E-state index contributed by atoms with van der Waals surface area (Å²) in [6.45, 7) is -0.0603. The fraction of sp³-hybridized carbons (Fsp3) is 0.208. The summed E-state index contributed by atoms with van der Waals surface area (Å²) in [5.41, 5.74) is 0.477. The molecule has 0 aliphatic carbocycles. The summed E-state index contributed by atoms with van der Waals surface area (Å²) in [5.74, 6) is -2.03. The number of anilines is 1. The first kappa shape index (κ1) is 26.0. The highest BCUT2D eigenvalue weighted by atomic mass is 32.1. The van der Waals surface area contributed by atoms with Gasteiger partial charge in [-0.1, -0.05) is 17.2 Å². The van der Waals surface area contributed by atoms with Crippen LogP contribution in [0.3, 0.4) is 0 Å². The molecule has 0 saturated carbocycles. The summed E-state index contributed by atoms with van der Waals surface area (Å²) in [4.78, 5) is 21.4. The summed E-state index contributed by atoms with van der Waals surface area (Å²) < 4.78 is 50.9. The van der Waals surface area contributed by atoms with Crippen molar-refractivity contribution in [2.45, 2.75) is 32.7 Å². The van der Waals surface area contributed by atoms with E-state index in [1.807, 2.05) is 0 Å². The maximum absolute atomic E-state index is 14.8. The molecule has 0 fully saturated rings. The Balaban J connectivity index is 1.60. The van der Waals surface area contributed by atoms with E-state index in [-0.39, 0.29) is 27.0 Å². The van der Waals surface area contributed by atoms with Gasteiger partial charge in [-0.05, 0) is 55.5 Å². The number of nitrogens with one attached hydrogen (secondary N) is 1. The quantitative estimate of drug-likeness (QED) is 0.316. The lowest BCUT2D eigenvalue weighted by Crippen LogP contribution is -2.21. The highest BCUT2D eigenvalue weighted by Gasteiger charge is 2.25. The lowest BCUT2D eigenvalue weighted by molar-refractivity contribution is -0.0495. The van der Waals surface area contributed by atoms with E-state index in [0.717, 1.165) is 17.4 Å². The summed E-state index contributed by atoms with van der Waals surface area (Å²) in [5, 5.41) is 20.5. The van der Waals surface area contributed by atoms with Crippen LogP contribution < -0.4 is 14.8 Å². The standard InChI is InChI=1S/C24H20F3N5O4S/c1-12-10-14(19-16(25)6-5-8-18(19)35-22(26)27)15(11-29-12)21(34)30-23-31-32-24(37-23)36-20(13(2)33)17-7-3-4-9-28-17/h3-11,13,20,22,33H,1-2H3,(H,30,31,34)/t13-,20?/m1/s1. The van der Waals surface area contributed by atoms with Crippen molar-refractivity contribution in [3.63, 3.8) is 0 Å². The van der Waals surface area contributed by atoms with Crippen molar-refractivity contribution >= 4 is 22.4 Å². The number of halogens is 3. The average molecular weight is 532 g/mol. The lowest BCUT2D eigenvalue weighted by Gasteiger charge is -2.18. The Morgan fingerprint density at radius 1 is 1.11 bits per heavy atom. The SMILES string of the molecule is Cc1cc(-c2c(F)cccc2OC(F)F)c(C(=O)Nc2nnc(OC(c3ccccn3)[C@@H](C)O)s2)cn1. The third kappa shape index (κ3) is 6.19. The highest BCUT2D eigenvalue weighted by molar-refractivity contribution is 7.17. The number of carbonyl (C=O) groups is 1. The van der Waals surface area contributed by atoms with Crippen molar-refractivity contribution in [1.82, 2.24) is 20.2 Å². The normalized spacial score (nSPS) is 12.7. The molecule has 192 valence electrons. The first-order valence-corrected chi connectivity index (χ1v) is 11.7. The van der Waals surface area contributed by atoms with Gasteiger partial charge in [0.1, 0.15) is 11.6 Å². The van der Waals surface area contributed by atoms with Gasteiger partial charge in [0, 0.05) is 23.7 Å². The van der Waals surface area contributed by atoms with Crippen LogP contribution in [-0.4, -0.2) is 43.9 Å². The molecule has 4 rings (SSSR count). The van der Waals surface area contributed by atoms with Crippen LogP contribution in [0.5, 0.6) is 10.9 Å². The van der Waals surface area contributed by atoms with Crippen LogP contribution in [0, 0.1) is 12.7 Å². The second kappa shape index (κ2) is 11.3. The van der Waals surface area contributed by atoms with Crippen LogP contribution in [-0.2, 0) is 0 Å². The number of amides is 1. The zero-order valence-corrected chi connectivity index (χ0v) is 20.2. The number of benzene rings is 1. The molecule has 4 aromatic rings. The molecule has 3 heterocycles. The predicted octanol–water partition coefficient (Wildman–Crippen LogP) is 4.80. The molecule has 0 aliphatic rings. The zero-order chi connectivity index (χ0) is 26.5. The summed E-state index contributed by atoms with van der Waals surface area (Å²) in [6, 6.07) is 10.0. The number of rotatable bonds is 9. The first-order valence-electron chi connectivity index (χ1n) is 10.8. The molecule has 3 aromatic heterocycles. The van der Waals surface area contributed by atoms with E-state index >= 15 is 0 Å². The van der Waals surface area contributed by atoms with Crippen LogP contribution in [0.15, 0.2) is 54.9 Å². The van der Waals surface area contributed by atoms with Crippen LogP contribution >= 0.6 is 11.3 Å². The molecule has 0 spiro atoms. The molecule has 0 radical (unpaired) electrons. The Hall–Kier alpha value is -4.10. The van der Waals surface area contributed by atoms with Crippen molar-refractivity contribution in [1.29, 1.82) is 0 Å².